The molecule has 5 nitrogen and oxygen atoms in total. The maximum Gasteiger partial charge on any atom is 0.255 e. The second-order valence-electron chi connectivity index (χ2n) is 6.23. The van der Waals surface area contributed by atoms with Crippen LogP contribution in [0.1, 0.15) is 15.9 Å². The Hall–Kier alpha value is -2.67. The van der Waals surface area contributed by atoms with Crippen LogP contribution in [0.3, 0.4) is 0 Å². The molecule has 0 unspecified atom stereocenters. The van der Waals surface area contributed by atoms with Crippen molar-refractivity contribution in [1.82, 2.24) is 4.31 Å². The molecule has 3 aromatic rings. The van der Waals surface area contributed by atoms with Crippen molar-refractivity contribution in [2.75, 3.05) is 12.4 Å². The van der Waals surface area contributed by atoms with E-state index in [4.69, 9.17) is 11.6 Å². The van der Waals surface area contributed by atoms with Gasteiger partial charge in [0.25, 0.3) is 5.91 Å². The van der Waals surface area contributed by atoms with E-state index >= 15 is 0 Å². The number of anilines is 1. The van der Waals surface area contributed by atoms with E-state index in [-0.39, 0.29) is 17.3 Å². The molecule has 0 atom stereocenters. The van der Waals surface area contributed by atoms with Crippen molar-refractivity contribution in [2.24, 2.45) is 0 Å². The smallest absolute Gasteiger partial charge is 0.255 e. The highest BCUT2D eigenvalue weighted by Gasteiger charge is 2.21. The van der Waals surface area contributed by atoms with Gasteiger partial charge in [0.1, 0.15) is 0 Å². The van der Waals surface area contributed by atoms with Crippen LogP contribution in [0, 0.1) is 0 Å². The van der Waals surface area contributed by atoms with Gasteiger partial charge in [-0.15, -0.1) is 0 Å². The standard InChI is InChI=1S/C21H19ClN2O3S/c1-24(15-16-5-3-2-4-6-16)28(26,27)20-13-7-17(8-14-20)21(25)23-19-11-9-18(22)10-12-19/h2-14H,15H2,1H3,(H,23,25). The third-order valence-electron chi connectivity index (χ3n) is 4.17. The summed E-state index contributed by atoms with van der Waals surface area (Å²) in [5, 5.41) is 3.32. The molecule has 0 bridgehead atoms. The number of benzene rings is 3. The normalized spacial score (nSPS) is 11.4. The molecule has 28 heavy (non-hydrogen) atoms. The molecular formula is C21H19ClN2O3S. The number of nitrogens with zero attached hydrogens (tertiary/aromatic N) is 1. The van der Waals surface area contributed by atoms with Gasteiger partial charge in [-0.3, -0.25) is 4.79 Å². The minimum Gasteiger partial charge on any atom is -0.322 e. The van der Waals surface area contributed by atoms with Crippen molar-refractivity contribution in [3.05, 3.63) is 95.0 Å². The minimum atomic E-state index is -3.66. The average molecular weight is 415 g/mol. The van der Waals surface area contributed by atoms with Crippen LogP contribution in [0.25, 0.3) is 0 Å². The van der Waals surface area contributed by atoms with Crippen molar-refractivity contribution in [2.45, 2.75) is 11.4 Å². The Bertz CT molecular complexity index is 1050. The number of hydrogen-bond donors (Lipinski definition) is 1. The first-order valence-corrected chi connectivity index (χ1v) is 10.4. The van der Waals surface area contributed by atoms with E-state index in [0.717, 1.165) is 5.56 Å². The summed E-state index contributed by atoms with van der Waals surface area (Å²) in [7, 11) is -2.13. The molecule has 3 aromatic carbocycles. The molecule has 7 heteroatoms. The van der Waals surface area contributed by atoms with E-state index in [9.17, 15) is 13.2 Å². The van der Waals surface area contributed by atoms with Crippen molar-refractivity contribution in [3.63, 3.8) is 0 Å². The lowest BCUT2D eigenvalue weighted by atomic mass is 10.2. The SMILES string of the molecule is CN(Cc1ccccc1)S(=O)(=O)c1ccc(C(=O)Nc2ccc(Cl)cc2)cc1. The van der Waals surface area contributed by atoms with Gasteiger partial charge in [-0.05, 0) is 54.1 Å². The van der Waals surface area contributed by atoms with Gasteiger partial charge in [0.15, 0.2) is 0 Å². The molecule has 0 aliphatic heterocycles. The molecule has 1 amide bonds. The van der Waals surface area contributed by atoms with Gasteiger partial charge in [-0.2, -0.15) is 4.31 Å². The van der Waals surface area contributed by atoms with Crippen molar-refractivity contribution >= 4 is 33.2 Å². The van der Waals surface area contributed by atoms with E-state index in [2.05, 4.69) is 5.32 Å². The van der Waals surface area contributed by atoms with Crippen molar-refractivity contribution in [1.29, 1.82) is 0 Å². The fraction of sp³-hybridized carbons (Fsp3) is 0.0952. The Morgan fingerprint density at radius 2 is 1.54 bits per heavy atom. The number of amides is 1. The molecule has 0 aliphatic rings. The molecule has 0 saturated carbocycles. The summed E-state index contributed by atoms with van der Waals surface area (Å²) in [5.41, 5.74) is 1.86. The Balaban J connectivity index is 1.71. The molecule has 0 saturated heterocycles. The predicted molar refractivity (Wildman–Crippen MR) is 111 cm³/mol. The quantitative estimate of drug-likeness (QED) is 0.649. The molecule has 0 heterocycles. The summed E-state index contributed by atoms with van der Waals surface area (Å²) < 4.78 is 26.8. The second kappa shape index (κ2) is 8.56. The van der Waals surface area contributed by atoms with E-state index in [1.807, 2.05) is 30.3 Å². The summed E-state index contributed by atoms with van der Waals surface area (Å²) in [6, 6.07) is 22.0. The van der Waals surface area contributed by atoms with Crippen LogP contribution in [0.4, 0.5) is 5.69 Å². The fourth-order valence-corrected chi connectivity index (χ4v) is 3.91. The number of rotatable bonds is 6. The largest absolute Gasteiger partial charge is 0.322 e. The lowest BCUT2D eigenvalue weighted by Gasteiger charge is -2.17. The van der Waals surface area contributed by atoms with Crippen LogP contribution in [-0.2, 0) is 16.6 Å². The van der Waals surface area contributed by atoms with Gasteiger partial charge in [0, 0.05) is 29.9 Å². The van der Waals surface area contributed by atoms with Crippen LogP contribution in [0.15, 0.2) is 83.8 Å². The molecular weight excluding hydrogens is 396 g/mol. The first-order chi connectivity index (χ1) is 13.4. The summed E-state index contributed by atoms with van der Waals surface area (Å²) in [4.78, 5) is 12.5. The first kappa shape index (κ1) is 20.1. The lowest BCUT2D eigenvalue weighted by molar-refractivity contribution is 0.102. The maximum atomic E-state index is 12.8. The number of nitrogens with one attached hydrogen (secondary N) is 1. The Morgan fingerprint density at radius 3 is 2.14 bits per heavy atom. The van der Waals surface area contributed by atoms with Crippen molar-refractivity contribution in [3.8, 4) is 0 Å². The zero-order chi connectivity index (χ0) is 20.1. The number of hydrogen-bond acceptors (Lipinski definition) is 3. The topological polar surface area (TPSA) is 66.5 Å². The Kier molecular flexibility index (Phi) is 6.14. The van der Waals surface area contributed by atoms with Gasteiger partial charge >= 0.3 is 0 Å². The fourth-order valence-electron chi connectivity index (χ4n) is 2.62. The van der Waals surface area contributed by atoms with Gasteiger partial charge in [-0.25, -0.2) is 8.42 Å². The average Bonchev–Trinajstić information content (AvgIpc) is 2.70. The summed E-state index contributed by atoms with van der Waals surface area (Å²) >= 11 is 5.83. The van der Waals surface area contributed by atoms with Crippen LogP contribution >= 0.6 is 11.6 Å². The molecule has 3 rings (SSSR count). The molecule has 144 valence electrons. The highest BCUT2D eigenvalue weighted by Crippen LogP contribution is 2.19. The van der Waals surface area contributed by atoms with Crippen LogP contribution in [-0.4, -0.2) is 25.7 Å². The molecule has 0 spiro atoms. The highest BCUT2D eigenvalue weighted by molar-refractivity contribution is 7.89. The molecule has 0 radical (unpaired) electrons. The summed E-state index contributed by atoms with van der Waals surface area (Å²) in [5.74, 6) is -0.330. The van der Waals surface area contributed by atoms with E-state index in [1.54, 1.807) is 24.3 Å². The Morgan fingerprint density at radius 1 is 0.929 bits per heavy atom. The van der Waals surface area contributed by atoms with Gasteiger partial charge in [0.2, 0.25) is 10.0 Å². The zero-order valence-electron chi connectivity index (χ0n) is 15.2. The van der Waals surface area contributed by atoms with Crippen LogP contribution < -0.4 is 5.32 Å². The first-order valence-electron chi connectivity index (χ1n) is 8.53. The number of carbonyl (C=O) groups excluding carboxylic acids is 1. The van der Waals surface area contributed by atoms with Gasteiger partial charge in [-0.1, -0.05) is 41.9 Å². The van der Waals surface area contributed by atoms with Gasteiger partial charge < -0.3 is 5.32 Å². The zero-order valence-corrected chi connectivity index (χ0v) is 16.7. The van der Waals surface area contributed by atoms with E-state index in [0.29, 0.717) is 16.3 Å². The second-order valence-corrected chi connectivity index (χ2v) is 8.71. The third kappa shape index (κ3) is 4.78. The van der Waals surface area contributed by atoms with Crippen LogP contribution in [0.2, 0.25) is 5.02 Å². The van der Waals surface area contributed by atoms with E-state index < -0.39 is 10.0 Å². The van der Waals surface area contributed by atoms with Gasteiger partial charge in [0.05, 0.1) is 4.90 Å². The predicted octanol–water partition coefficient (Wildman–Crippen LogP) is 4.41. The minimum absolute atomic E-state index is 0.133. The molecule has 0 fully saturated rings. The monoisotopic (exact) mass is 414 g/mol. The Labute approximate surface area is 169 Å². The maximum absolute atomic E-state index is 12.8. The molecule has 0 aliphatic carbocycles. The molecule has 1 N–H and O–H groups in total. The summed E-state index contributed by atoms with van der Waals surface area (Å²) in [6.07, 6.45) is 0. The van der Waals surface area contributed by atoms with E-state index in [1.165, 1.54) is 35.6 Å². The summed E-state index contributed by atoms with van der Waals surface area (Å²) in [6.45, 7) is 0.266. The lowest BCUT2D eigenvalue weighted by Crippen LogP contribution is -2.26. The number of halogens is 1. The highest BCUT2D eigenvalue weighted by atomic mass is 35.5. The van der Waals surface area contributed by atoms with Crippen LogP contribution in [0.5, 0.6) is 0 Å². The third-order valence-corrected chi connectivity index (χ3v) is 6.24. The van der Waals surface area contributed by atoms with Crippen molar-refractivity contribution < 1.29 is 13.2 Å². The number of carbonyl (C=O) groups is 1. The molecule has 0 aromatic heterocycles. The number of sulfonamides is 1.